The summed E-state index contributed by atoms with van der Waals surface area (Å²) in [6.07, 6.45) is 7.54. The summed E-state index contributed by atoms with van der Waals surface area (Å²) in [5.41, 5.74) is 0.261. The van der Waals surface area contributed by atoms with Gasteiger partial charge < -0.3 is 9.80 Å². The van der Waals surface area contributed by atoms with Crippen molar-refractivity contribution >= 4 is 11.8 Å². The molecule has 0 atom stereocenters. The molecular formula is C22H29FN2O2. The predicted octanol–water partition coefficient (Wildman–Crippen LogP) is 3.50. The molecule has 27 heavy (non-hydrogen) atoms. The molecule has 2 amide bonds. The molecule has 4 nitrogen and oxygen atoms in total. The van der Waals surface area contributed by atoms with Crippen molar-refractivity contribution in [2.24, 2.45) is 5.92 Å². The number of benzene rings is 1. The molecule has 0 radical (unpaired) electrons. The largest absolute Gasteiger partial charge is 0.342 e. The maximum absolute atomic E-state index is 13.7. The predicted molar refractivity (Wildman–Crippen MR) is 102 cm³/mol. The van der Waals surface area contributed by atoms with E-state index in [-0.39, 0.29) is 23.5 Å². The molecule has 3 aliphatic rings. The van der Waals surface area contributed by atoms with Gasteiger partial charge in [0, 0.05) is 32.1 Å². The van der Waals surface area contributed by atoms with E-state index in [2.05, 4.69) is 0 Å². The Morgan fingerprint density at radius 1 is 0.926 bits per heavy atom. The second-order valence-corrected chi connectivity index (χ2v) is 8.40. The highest BCUT2D eigenvalue weighted by Crippen LogP contribution is 2.45. The van der Waals surface area contributed by atoms with Crippen molar-refractivity contribution < 1.29 is 14.0 Å². The molecule has 0 unspecified atom stereocenters. The second kappa shape index (κ2) is 7.61. The van der Waals surface area contributed by atoms with Gasteiger partial charge in [0.25, 0.3) is 0 Å². The summed E-state index contributed by atoms with van der Waals surface area (Å²) in [7, 11) is 0. The lowest BCUT2D eigenvalue weighted by atomic mass is 9.63. The average Bonchev–Trinajstić information content (AvgIpc) is 2.67. The number of halogens is 1. The number of nitrogens with zero attached hydrogens (tertiary/aromatic N) is 2. The van der Waals surface area contributed by atoms with Crippen molar-refractivity contribution in [1.29, 1.82) is 0 Å². The van der Waals surface area contributed by atoms with Crippen LogP contribution in [0.1, 0.15) is 56.9 Å². The molecule has 2 saturated heterocycles. The third-order valence-electron chi connectivity index (χ3n) is 6.79. The molecule has 1 aromatic carbocycles. The summed E-state index contributed by atoms with van der Waals surface area (Å²) < 4.78 is 13.7. The molecular weight excluding hydrogens is 343 g/mol. The SMILES string of the molecule is O=C(C1CCN(C(=O)C2(c3cccc(F)c3)CCC2)CC1)N1CCCCC1. The molecule has 0 aromatic heterocycles. The molecule has 0 N–H and O–H groups in total. The molecule has 2 heterocycles. The van der Waals surface area contributed by atoms with Gasteiger partial charge in [-0.25, -0.2) is 4.39 Å². The monoisotopic (exact) mass is 372 g/mol. The Hall–Kier alpha value is -1.91. The van der Waals surface area contributed by atoms with Crippen LogP contribution in [0.25, 0.3) is 0 Å². The van der Waals surface area contributed by atoms with Crippen LogP contribution in [0.2, 0.25) is 0 Å². The lowest BCUT2D eigenvalue weighted by Gasteiger charge is -2.45. The van der Waals surface area contributed by atoms with E-state index in [0.717, 1.165) is 63.6 Å². The smallest absolute Gasteiger partial charge is 0.233 e. The molecule has 0 bridgehead atoms. The molecule has 1 aromatic rings. The van der Waals surface area contributed by atoms with Gasteiger partial charge in [-0.05, 0) is 62.6 Å². The summed E-state index contributed by atoms with van der Waals surface area (Å²) in [6, 6.07) is 6.52. The van der Waals surface area contributed by atoms with Crippen LogP contribution in [0.5, 0.6) is 0 Å². The van der Waals surface area contributed by atoms with E-state index in [1.165, 1.54) is 18.6 Å². The Balaban J connectivity index is 1.40. The van der Waals surface area contributed by atoms with E-state index in [0.29, 0.717) is 13.1 Å². The van der Waals surface area contributed by atoms with Gasteiger partial charge in [-0.2, -0.15) is 0 Å². The van der Waals surface area contributed by atoms with Crippen LogP contribution < -0.4 is 0 Å². The third-order valence-corrected chi connectivity index (χ3v) is 6.79. The number of carbonyl (C=O) groups is 2. The number of piperidine rings is 2. The van der Waals surface area contributed by atoms with Gasteiger partial charge in [-0.1, -0.05) is 18.6 Å². The van der Waals surface area contributed by atoms with Crippen molar-refractivity contribution in [2.75, 3.05) is 26.2 Å². The second-order valence-electron chi connectivity index (χ2n) is 8.40. The number of carbonyl (C=O) groups excluding carboxylic acids is 2. The Labute approximate surface area is 160 Å². The highest BCUT2D eigenvalue weighted by atomic mass is 19.1. The van der Waals surface area contributed by atoms with Gasteiger partial charge in [0.05, 0.1) is 5.41 Å². The number of likely N-dealkylation sites (tertiary alicyclic amines) is 2. The quantitative estimate of drug-likeness (QED) is 0.815. The summed E-state index contributed by atoms with van der Waals surface area (Å²) in [6.45, 7) is 3.06. The molecule has 0 spiro atoms. The first kappa shape index (κ1) is 18.5. The fraction of sp³-hybridized carbons (Fsp3) is 0.636. The number of amides is 2. The normalized spacial score (nSPS) is 23.0. The van der Waals surface area contributed by atoms with Crippen molar-refractivity contribution in [1.82, 2.24) is 9.80 Å². The minimum Gasteiger partial charge on any atom is -0.342 e. The van der Waals surface area contributed by atoms with E-state index >= 15 is 0 Å². The van der Waals surface area contributed by atoms with Crippen LogP contribution in [-0.4, -0.2) is 47.8 Å². The van der Waals surface area contributed by atoms with Crippen molar-refractivity contribution in [3.8, 4) is 0 Å². The average molecular weight is 372 g/mol. The maximum Gasteiger partial charge on any atom is 0.233 e. The van der Waals surface area contributed by atoms with Gasteiger partial charge in [-0.15, -0.1) is 0 Å². The number of hydrogen-bond donors (Lipinski definition) is 0. The van der Waals surface area contributed by atoms with Gasteiger partial charge in [0.15, 0.2) is 0 Å². The Morgan fingerprint density at radius 3 is 2.22 bits per heavy atom. The standard InChI is InChI=1S/C22H29FN2O2/c23-19-7-4-6-18(16-19)22(10-5-11-22)21(27)25-14-8-17(9-15-25)20(26)24-12-2-1-3-13-24/h4,6-7,16-17H,1-3,5,8-15H2. The Kier molecular flexibility index (Phi) is 5.20. The van der Waals surface area contributed by atoms with Crippen LogP contribution in [-0.2, 0) is 15.0 Å². The van der Waals surface area contributed by atoms with Crippen LogP contribution >= 0.6 is 0 Å². The molecule has 5 heteroatoms. The highest BCUT2D eigenvalue weighted by Gasteiger charge is 2.48. The number of hydrogen-bond acceptors (Lipinski definition) is 2. The van der Waals surface area contributed by atoms with Gasteiger partial charge in [-0.3, -0.25) is 9.59 Å². The minimum absolute atomic E-state index is 0.0543. The van der Waals surface area contributed by atoms with Crippen LogP contribution in [0.4, 0.5) is 4.39 Å². The Bertz CT molecular complexity index is 702. The molecule has 146 valence electrons. The van der Waals surface area contributed by atoms with Crippen LogP contribution in [0, 0.1) is 11.7 Å². The zero-order valence-corrected chi connectivity index (χ0v) is 16.0. The van der Waals surface area contributed by atoms with Gasteiger partial charge in [0.1, 0.15) is 5.82 Å². The molecule has 1 aliphatic carbocycles. The lowest BCUT2D eigenvalue weighted by molar-refractivity contribution is -0.146. The summed E-state index contributed by atoms with van der Waals surface area (Å²) in [5.74, 6) is 0.185. The van der Waals surface area contributed by atoms with E-state index in [1.807, 2.05) is 15.9 Å². The van der Waals surface area contributed by atoms with Crippen LogP contribution in [0.3, 0.4) is 0 Å². The first-order valence-electron chi connectivity index (χ1n) is 10.4. The molecule has 1 saturated carbocycles. The zero-order chi connectivity index (χ0) is 18.9. The zero-order valence-electron chi connectivity index (χ0n) is 16.0. The van der Waals surface area contributed by atoms with Gasteiger partial charge >= 0.3 is 0 Å². The van der Waals surface area contributed by atoms with E-state index < -0.39 is 5.41 Å². The maximum atomic E-state index is 13.7. The van der Waals surface area contributed by atoms with Crippen molar-refractivity contribution in [3.05, 3.63) is 35.6 Å². The van der Waals surface area contributed by atoms with Crippen molar-refractivity contribution in [3.63, 3.8) is 0 Å². The van der Waals surface area contributed by atoms with E-state index in [1.54, 1.807) is 6.07 Å². The molecule has 4 rings (SSSR count). The molecule has 2 aliphatic heterocycles. The highest BCUT2D eigenvalue weighted by molar-refractivity contribution is 5.89. The first-order chi connectivity index (χ1) is 13.1. The summed E-state index contributed by atoms with van der Waals surface area (Å²) in [5, 5.41) is 0. The number of rotatable bonds is 3. The van der Waals surface area contributed by atoms with E-state index in [9.17, 15) is 14.0 Å². The topological polar surface area (TPSA) is 40.6 Å². The third kappa shape index (κ3) is 3.48. The fourth-order valence-corrected chi connectivity index (χ4v) is 4.95. The Morgan fingerprint density at radius 2 is 1.63 bits per heavy atom. The lowest BCUT2D eigenvalue weighted by Crippen LogP contribution is -2.54. The van der Waals surface area contributed by atoms with Crippen molar-refractivity contribution in [2.45, 2.75) is 56.8 Å². The molecule has 3 fully saturated rings. The first-order valence-corrected chi connectivity index (χ1v) is 10.4. The fourth-order valence-electron chi connectivity index (χ4n) is 4.95. The minimum atomic E-state index is -0.550. The summed E-state index contributed by atoms with van der Waals surface area (Å²) in [4.78, 5) is 30.0. The van der Waals surface area contributed by atoms with Crippen LogP contribution in [0.15, 0.2) is 24.3 Å². The van der Waals surface area contributed by atoms with E-state index in [4.69, 9.17) is 0 Å². The van der Waals surface area contributed by atoms with Gasteiger partial charge in [0.2, 0.25) is 11.8 Å². The summed E-state index contributed by atoms with van der Waals surface area (Å²) >= 11 is 0.